The highest BCUT2D eigenvalue weighted by molar-refractivity contribution is 6.30. The van der Waals surface area contributed by atoms with E-state index in [4.69, 9.17) is 17.3 Å². The smallest absolute Gasteiger partial charge is 0.231 e. The average Bonchev–Trinajstić information content (AvgIpc) is 2.20. The standard InChI is InChI=1S/C11H14ClFN2O/c1-7(15(2)6-11(14)16)8-3-4-10(13)9(12)5-8/h3-5,7H,6H2,1-2H3,(H2,14,16). The molecule has 0 saturated heterocycles. The van der Waals surface area contributed by atoms with Crippen molar-refractivity contribution in [2.45, 2.75) is 13.0 Å². The number of carbonyl (C=O) groups excluding carboxylic acids is 1. The van der Waals surface area contributed by atoms with Gasteiger partial charge in [0.15, 0.2) is 0 Å². The van der Waals surface area contributed by atoms with Gasteiger partial charge in [0.1, 0.15) is 5.82 Å². The van der Waals surface area contributed by atoms with Crippen LogP contribution in [0.15, 0.2) is 18.2 Å². The molecule has 1 aromatic rings. The molecule has 1 amide bonds. The summed E-state index contributed by atoms with van der Waals surface area (Å²) >= 11 is 5.68. The van der Waals surface area contributed by atoms with Crippen molar-refractivity contribution in [3.63, 3.8) is 0 Å². The van der Waals surface area contributed by atoms with Crippen molar-refractivity contribution in [1.29, 1.82) is 0 Å². The van der Waals surface area contributed by atoms with Crippen molar-refractivity contribution in [1.82, 2.24) is 4.90 Å². The molecule has 0 aliphatic carbocycles. The van der Waals surface area contributed by atoms with Crippen molar-refractivity contribution in [3.05, 3.63) is 34.6 Å². The monoisotopic (exact) mass is 244 g/mol. The Hall–Kier alpha value is -1.13. The minimum absolute atomic E-state index is 0.0504. The van der Waals surface area contributed by atoms with Crippen molar-refractivity contribution in [2.75, 3.05) is 13.6 Å². The van der Waals surface area contributed by atoms with Gasteiger partial charge in [-0.1, -0.05) is 17.7 Å². The first-order valence-electron chi connectivity index (χ1n) is 4.85. The highest BCUT2D eigenvalue weighted by Gasteiger charge is 2.14. The van der Waals surface area contributed by atoms with Gasteiger partial charge in [-0.15, -0.1) is 0 Å². The van der Waals surface area contributed by atoms with Crippen molar-refractivity contribution < 1.29 is 9.18 Å². The molecule has 0 bridgehead atoms. The molecule has 1 aromatic carbocycles. The molecule has 16 heavy (non-hydrogen) atoms. The van der Waals surface area contributed by atoms with Crippen LogP contribution in [0.4, 0.5) is 4.39 Å². The molecule has 0 aliphatic rings. The van der Waals surface area contributed by atoms with Crippen LogP contribution < -0.4 is 5.73 Å². The predicted octanol–water partition coefficient (Wildman–Crippen LogP) is 1.96. The Morgan fingerprint density at radius 3 is 2.75 bits per heavy atom. The number of halogens is 2. The Kier molecular flexibility index (Phi) is 4.26. The Balaban J connectivity index is 2.83. The zero-order valence-electron chi connectivity index (χ0n) is 9.21. The second-order valence-electron chi connectivity index (χ2n) is 3.73. The quantitative estimate of drug-likeness (QED) is 0.880. The maximum Gasteiger partial charge on any atom is 0.231 e. The first kappa shape index (κ1) is 12.9. The number of nitrogens with two attached hydrogens (primary N) is 1. The van der Waals surface area contributed by atoms with E-state index in [0.717, 1.165) is 5.56 Å². The minimum atomic E-state index is -0.449. The predicted molar refractivity (Wildman–Crippen MR) is 61.6 cm³/mol. The largest absolute Gasteiger partial charge is 0.369 e. The summed E-state index contributed by atoms with van der Waals surface area (Å²) in [4.78, 5) is 12.5. The van der Waals surface area contributed by atoms with Gasteiger partial charge < -0.3 is 5.73 Å². The van der Waals surface area contributed by atoms with Gasteiger partial charge in [-0.25, -0.2) is 4.39 Å². The third-order valence-corrected chi connectivity index (χ3v) is 2.78. The number of primary amides is 1. The molecule has 5 heteroatoms. The van der Waals surface area contributed by atoms with E-state index in [9.17, 15) is 9.18 Å². The second-order valence-corrected chi connectivity index (χ2v) is 4.14. The van der Waals surface area contributed by atoms with Crippen LogP contribution in [0.1, 0.15) is 18.5 Å². The molecule has 0 aliphatic heterocycles. The van der Waals surface area contributed by atoms with Gasteiger partial charge in [-0.3, -0.25) is 9.69 Å². The molecule has 0 aromatic heterocycles. The Morgan fingerprint density at radius 1 is 1.62 bits per heavy atom. The van der Waals surface area contributed by atoms with Crippen LogP contribution >= 0.6 is 11.6 Å². The van der Waals surface area contributed by atoms with Crippen LogP contribution in [0.25, 0.3) is 0 Å². The molecule has 0 saturated carbocycles. The van der Waals surface area contributed by atoms with Gasteiger partial charge in [0.25, 0.3) is 0 Å². The lowest BCUT2D eigenvalue weighted by molar-refractivity contribution is -0.119. The molecule has 1 rings (SSSR count). The van der Waals surface area contributed by atoms with E-state index in [2.05, 4.69) is 0 Å². The highest BCUT2D eigenvalue weighted by Crippen LogP contribution is 2.23. The molecule has 1 atom stereocenters. The summed E-state index contributed by atoms with van der Waals surface area (Å²) in [6, 6.07) is 4.46. The molecular formula is C11H14ClFN2O. The normalized spacial score (nSPS) is 12.8. The van der Waals surface area contributed by atoms with Gasteiger partial charge in [0.05, 0.1) is 11.6 Å². The van der Waals surface area contributed by atoms with Crippen LogP contribution in [-0.2, 0) is 4.79 Å². The van der Waals surface area contributed by atoms with E-state index in [1.165, 1.54) is 6.07 Å². The number of nitrogens with zero attached hydrogens (tertiary/aromatic N) is 1. The van der Waals surface area contributed by atoms with E-state index in [1.54, 1.807) is 24.1 Å². The maximum absolute atomic E-state index is 13.0. The van der Waals surface area contributed by atoms with E-state index < -0.39 is 11.7 Å². The summed E-state index contributed by atoms with van der Waals surface area (Å²) in [5, 5.41) is 0.0804. The van der Waals surface area contributed by atoms with Crippen LogP contribution in [-0.4, -0.2) is 24.4 Å². The molecule has 88 valence electrons. The molecule has 0 heterocycles. The van der Waals surface area contributed by atoms with Gasteiger partial charge >= 0.3 is 0 Å². The average molecular weight is 245 g/mol. The van der Waals surface area contributed by atoms with Crippen LogP contribution in [0, 0.1) is 5.82 Å². The molecule has 0 radical (unpaired) electrons. The number of hydrogen-bond donors (Lipinski definition) is 1. The Morgan fingerprint density at radius 2 is 2.25 bits per heavy atom. The highest BCUT2D eigenvalue weighted by atomic mass is 35.5. The lowest BCUT2D eigenvalue weighted by Crippen LogP contribution is -2.32. The third kappa shape index (κ3) is 3.18. The SMILES string of the molecule is CC(c1ccc(F)c(Cl)c1)N(C)CC(N)=O. The summed E-state index contributed by atoms with van der Waals surface area (Å²) in [6.07, 6.45) is 0. The molecule has 2 N–H and O–H groups in total. The Bertz CT molecular complexity index is 398. The maximum atomic E-state index is 13.0. The van der Waals surface area contributed by atoms with E-state index >= 15 is 0 Å². The molecule has 3 nitrogen and oxygen atoms in total. The van der Waals surface area contributed by atoms with Gasteiger partial charge in [0.2, 0.25) is 5.91 Å². The second kappa shape index (κ2) is 5.27. The fraction of sp³-hybridized carbons (Fsp3) is 0.364. The summed E-state index contributed by atoms with van der Waals surface area (Å²) in [7, 11) is 1.77. The molecule has 0 spiro atoms. The zero-order chi connectivity index (χ0) is 12.3. The summed E-state index contributed by atoms with van der Waals surface area (Å²) in [5.74, 6) is -0.849. The number of benzene rings is 1. The number of rotatable bonds is 4. The Labute approximate surface area is 99.0 Å². The van der Waals surface area contributed by atoms with Crippen LogP contribution in [0.3, 0.4) is 0 Å². The van der Waals surface area contributed by atoms with Crippen LogP contribution in [0.5, 0.6) is 0 Å². The number of carbonyl (C=O) groups is 1. The summed E-state index contributed by atoms with van der Waals surface area (Å²) in [5.41, 5.74) is 5.94. The van der Waals surface area contributed by atoms with E-state index in [0.29, 0.717) is 0 Å². The molecular weight excluding hydrogens is 231 g/mol. The number of amides is 1. The van der Waals surface area contributed by atoms with Crippen LogP contribution in [0.2, 0.25) is 5.02 Å². The van der Waals surface area contributed by atoms with Crippen molar-refractivity contribution in [2.24, 2.45) is 5.73 Å². The van der Waals surface area contributed by atoms with Gasteiger partial charge in [-0.05, 0) is 31.7 Å². The number of likely N-dealkylation sites (N-methyl/N-ethyl adjacent to an activating group) is 1. The van der Waals surface area contributed by atoms with Crippen molar-refractivity contribution in [3.8, 4) is 0 Å². The minimum Gasteiger partial charge on any atom is -0.369 e. The first-order chi connectivity index (χ1) is 7.41. The van der Waals surface area contributed by atoms with Gasteiger partial charge in [0, 0.05) is 6.04 Å². The molecule has 0 fully saturated rings. The third-order valence-electron chi connectivity index (χ3n) is 2.49. The lowest BCUT2D eigenvalue weighted by atomic mass is 10.1. The fourth-order valence-corrected chi connectivity index (χ4v) is 1.60. The van der Waals surface area contributed by atoms with Crippen molar-refractivity contribution >= 4 is 17.5 Å². The summed E-state index contributed by atoms with van der Waals surface area (Å²) < 4.78 is 13.0. The number of hydrogen-bond acceptors (Lipinski definition) is 2. The topological polar surface area (TPSA) is 46.3 Å². The first-order valence-corrected chi connectivity index (χ1v) is 5.23. The zero-order valence-corrected chi connectivity index (χ0v) is 9.96. The summed E-state index contributed by atoms with van der Waals surface area (Å²) in [6.45, 7) is 2.04. The lowest BCUT2D eigenvalue weighted by Gasteiger charge is -2.23. The van der Waals surface area contributed by atoms with E-state index in [1.807, 2.05) is 6.92 Å². The van der Waals surface area contributed by atoms with E-state index in [-0.39, 0.29) is 17.6 Å². The fourth-order valence-electron chi connectivity index (χ4n) is 1.41. The molecule has 1 unspecified atom stereocenters. The van der Waals surface area contributed by atoms with Gasteiger partial charge in [-0.2, -0.15) is 0 Å².